The van der Waals surface area contributed by atoms with Gasteiger partial charge in [-0.3, -0.25) is 0 Å². The van der Waals surface area contributed by atoms with Gasteiger partial charge in [-0.05, 0) is 119 Å². The van der Waals surface area contributed by atoms with Gasteiger partial charge in [0.2, 0.25) is 0 Å². The monoisotopic (exact) mass is 679 g/mol. The quantitative estimate of drug-likeness (QED) is 0.164. The van der Waals surface area contributed by atoms with Crippen LogP contribution >= 0.6 is 0 Å². The van der Waals surface area contributed by atoms with Gasteiger partial charge in [0.25, 0.3) is 0 Å². The standard InChI is InChI=1S/C52H41N/c1-51(2)47-16-10-9-15-45(47)49-50(51)46-28-20-35(30-48(46)52(49,3)4)18-17-34-19-21-41-33-44(27-24-40(41)29-34)53(42-25-22-36-11-5-7-13-38(36)31-42)43-26-23-37-12-6-8-14-39(37)32-43/h5-33H,1-4H3. The fourth-order valence-electron chi connectivity index (χ4n) is 9.25. The largest absolute Gasteiger partial charge is 0.310 e. The van der Waals surface area contributed by atoms with Crippen molar-refractivity contribution in [3.05, 3.63) is 197 Å². The summed E-state index contributed by atoms with van der Waals surface area (Å²) in [6.07, 6.45) is 4.53. The molecule has 0 spiro atoms. The summed E-state index contributed by atoms with van der Waals surface area (Å²) >= 11 is 0. The minimum Gasteiger partial charge on any atom is -0.310 e. The molecule has 2 aliphatic carbocycles. The maximum Gasteiger partial charge on any atom is 0.0468 e. The van der Waals surface area contributed by atoms with Gasteiger partial charge in [0.1, 0.15) is 0 Å². The first-order chi connectivity index (χ1) is 25.8. The first-order valence-electron chi connectivity index (χ1n) is 18.8. The highest BCUT2D eigenvalue weighted by Gasteiger charge is 2.49. The van der Waals surface area contributed by atoms with Gasteiger partial charge >= 0.3 is 0 Å². The van der Waals surface area contributed by atoms with Crippen molar-refractivity contribution >= 4 is 72.7 Å². The minimum absolute atomic E-state index is 0.00125. The van der Waals surface area contributed by atoms with Crippen LogP contribution < -0.4 is 4.90 Å². The Labute approximate surface area is 312 Å². The lowest BCUT2D eigenvalue weighted by Crippen LogP contribution is -2.19. The number of anilines is 3. The fourth-order valence-corrected chi connectivity index (χ4v) is 9.25. The van der Waals surface area contributed by atoms with Crippen molar-refractivity contribution in [3.63, 3.8) is 0 Å². The van der Waals surface area contributed by atoms with Crippen molar-refractivity contribution in [1.29, 1.82) is 0 Å². The van der Waals surface area contributed by atoms with Crippen LogP contribution in [0.3, 0.4) is 0 Å². The molecule has 1 nitrogen and oxygen atoms in total. The van der Waals surface area contributed by atoms with E-state index in [9.17, 15) is 0 Å². The lowest BCUT2D eigenvalue weighted by Gasteiger charge is -2.28. The van der Waals surface area contributed by atoms with Crippen molar-refractivity contribution < 1.29 is 0 Å². The van der Waals surface area contributed by atoms with Gasteiger partial charge in [0.05, 0.1) is 0 Å². The van der Waals surface area contributed by atoms with E-state index in [-0.39, 0.29) is 10.8 Å². The number of benzene rings is 8. The molecule has 0 atom stereocenters. The molecule has 0 fully saturated rings. The Balaban J connectivity index is 0.981. The molecule has 0 saturated heterocycles. The van der Waals surface area contributed by atoms with E-state index in [1.807, 2.05) is 0 Å². The molecular weight excluding hydrogens is 639 g/mol. The Hall–Kier alpha value is -6.18. The number of fused-ring (bicyclic) bond motifs is 7. The van der Waals surface area contributed by atoms with E-state index in [2.05, 4.69) is 209 Å². The number of allylic oxidation sites excluding steroid dienone is 2. The molecule has 0 unspecified atom stereocenters. The van der Waals surface area contributed by atoms with E-state index in [1.54, 1.807) is 0 Å². The highest BCUT2D eigenvalue weighted by molar-refractivity contribution is 6.09. The highest BCUT2D eigenvalue weighted by atomic mass is 15.1. The van der Waals surface area contributed by atoms with E-state index < -0.39 is 0 Å². The zero-order valence-electron chi connectivity index (χ0n) is 30.7. The van der Waals surface area contributed by atoms with Gasteiger partial charge < -0.3 is 4.90 Å². The van der Waals surface area contributed by atoms with E-state index in [4.69, 9.17) is 0 Å². The second kappa shape index (κ2) is 11.7. The predicted molar refractivity (Wildman–Crippen MR) is 228 cm³/mol. The summed E-state index contributed by atoms with van der Waals surface area (Å²) in [7, 11) is 0. The van der Waals surface area contributed by atoms with Crippen LogP contribution in [0.25, 0.3) is 55.6 Å². The van der Waals surface area contributed by atoms with Crippen LogP contribution in [0.1, 0.15) is 61.1 Å². The Kier molecular flexibility index (Phi) is 6.94. The van der Waals surface area contributed by atoms with Crippen molar-refractivity contribution in [3.8, 4) is 0 Å². The molecule has 0 bridgehead atoms. The first-order valence-corrected chi connectivity index (χ1v) is 18.8. The SMILES string of the molecule is CC1(C)C2=C(c3ccccc31)C(C)(C)c1cc(C=Cc3ccc4cc(N(c5ccc6ccccc6c5)c5ccc6ccccc6c5)ccc4c3)ccc12. The first kappa shape index (κ1) is 31.5. The van der Waals surface area contributed by atoms with E-state index in [0.29, 0.717) is 0 Å². The van der Waals surface area contributed by atoms with Crippen LogP contribution in [0.15, 0.2) is 164 Å². The van der Waals surface area contributed by atoms with Gasteiger partial charge in [-0.2, -0.15) is 0 Å². The Bertz CT molecular complexity index is 2770. The van der Waals surface area contributed by atoms with Crippen molar-refractivity contribution in [2.75, 3.05) is 4.90 Å². The van der Waals surface area contributed by atoms with Crippen LogP contribution in [0.5, 0.6) is 0 Å². The number of nitrogens with zero attached hydrogens (tertiary/aromatic N) is 1. The van der Waals surface area contributed by atoms with Crippen LogP contribution in [0.4, 0.5) is 17.1 Å². The normalized spacial score (nSPS) is 15.3. The van der Waals surface area contributed by atoms with Crippen LogP contribution in [-0.2, 0) is 10.8 Å². The Morgan fingerprint density at radius 1 is 0.358 bits per heavy atom. The van der Waals surface area contributed by atoms with Gasteiger partial charge in [-0.25, -0.2) is 0 Å². The summed E-state index contributed by atoms with van der Waals surface area (Å²) in [5.74, 6) is 0. The zero-order valence-corrected chi connectivity index (χ0v) is 30.7. The molecule has 0 radical (unpaired) electrons. The molecule has 0 saturated carbocycles. The molecular formula is C52H41N. The molecule has 1 heteroatoms. The summed E-state index contributed by atoms with van der Waals surface area (Å²) in [5.41, 5.74) is 14.5. The van der Waals surface area contributed by atoms with Crippen LogP contribution in [-0.4, -0.2) is 0 Å². The maximum absolute atomic E-state index is 2.42. The third kappa shape index (κ3) is 4.99. The zero-order chi connectivity index (χ0) is 35.9. The molecule has 0 heterocycles. The van der Waals surface area contributed by atoms with Crippen LogP contribution in [0.2, 0.25) is 0 Å². The summed E-state index contributed by atoms with van der Waals surface area (Å²) < 4.78 is 0. The Morgan fingerprint density at radius 3 is 1.40 bits per heavy atom. The molecule has 254 valence electrons. The molecule has 0 N–H and O–H groups in total. The predicted octanol–water partition coefficient (Wildman–Crippen LogP) is 14.3. The van der Waals surface area contributed by atoms with Crippen molar-refractivity contribution in [1.82, 2.24) is 0 Å². The maximum atomic E-state index is 2.42. The Morgan fingerprint density at radius 2 is 0.774 bits per heavy atom. The number of hydrogen-bond donors (Lipinski definition) is 0. The third-order valence-corrected chi connectivity index (χ3v) is 11.9. The van der Waals surface area contributed by atoms with Gasteiger partial charge in [0.15, 0.2) is 0 Å². The number of hydrogen-bond acceptors (Lipinski definition) is 1. The van der Waals surface area contributed by atoms with E-state index in [0.717, 1.165) is 17.1 Å². The van der Waals surface area contributed by atoms with Gasteiger partial charge in [-0.15, -0.1) is 0 Å². The van der Waals surface area contributed by atoms with Gasteiger partial charge in [0, 0.05) is 27.9 Å². The molecule has 0 amide bonds. The van der Waals surface area contributed by atoms with Gasteiger partial charge in [-0.1, -0.05) is 161 Å². The van der Waals surface area contributed by atoms with Crippen molar-refractivity contribution in [2.24, 2.45) is 0 Å². The molecule has 0 aliphatic heterocycles. The molecule has 0 aromatic heterocycles. The lowest BCUT2D eigenvalue weighted by molar-refractivity contribution is 0.694. The lowest BCUT2D eigenvalue weighted by atomic mass is 9.75. The fraction of sp³-hybridized carbons (Fsp3) is 0.115. The highest BCUT2D eigenvalue weighted by Crippen LogP contribution is 2.62. The molecule has 8 aromatic rings. The van der Waals surface area contributed by atoms with E-state index >= 15 is 0 Å². The average molecular weight is 680 g/mol. The average Bonchev–Trinajstić information content (AvgIpc) is 3.58. The molecule has 8 aromatic carbocycles. The summed E-state index contributed by atoms with van der Waals surface area (Å²) in [5, 5.41) is 7.39. The second-order valence-electron chi connectivity index (χ2n) is 15.9. The molecule has 53 heavy (non-hydrogen) atoms. The summed E-state index contributed by atoms with van der Waals surface area (Å²) in [6, 6.07) is 60.4. The second-order valence-corrected chi connectivity index (χ2v) is 15.9. The smallest absolute Gasteiger partial charge is 0.0468 e. The molecule has 2 aliphatic rings. The summed E-state index contributed by atoms with van der Waals surface area (Å²) in [4.78, 5) is 2.38. The van der Waals surface area contributed by atoms with E-state index in [1.165, 1.54) is 76.8 Å². The third-order valence-electron chi connectivity index (χ3n) is 11.9. The van der Waals surface area contributed by atoms with Crippen molar-refractivity contribution in [2.45, 2.75) is 38.5 Å². The topological polar surface area (TPSA) is 3.24 Å². The van der Waals surface area contributed by atoms with Crippen LogP contribution in [0, 0.1) is 0 Å². The number of rotatable bonds is 5. The molecule has 10 rings (SSSR count). The summed E-state index contributed by atoms with van der Waals surface area (Å²) in [6.45, 7) is 9.58. The minimum atomic E-state index is -0.0490.